The fraction of sp³-hybridized carbons (Fsp3) is 0.917. The average molecular weight is 424 g/mol. The van der Waals surface area contributed by atoms with E-state index in [4.69, 9.17) is 4.74 Å². The van der Waals surface area contributed by atoms with Crippen LogP contribution in [0.25, 0.3) is 0 Å². The molecule has 1 spiro atoms. The summed E-state index contributed by atoms with van der Waals surface area (Å²) >= 11 is 0. The molecule has 2 heterocycles. The van der Waals surface area contributed by atoms with Crippen molar-refractivity contribution in [3.8, 4) is 0 Å². The normalized spacial score (nSPS) is 25.2. The molecule has 0 unspecified atom stereocenters. The summed E-state index contributed by atoms with van der Waals surface area (Å²) in [6, 6.07) is -0.447. The summed E-state index contributed by atoms with van der Waals surface area (Å²) in [6.07, 6.45) is 7.33. The van der Waals surface area contributed by atoms with Crippen molar-refractivity contribution < 1.29 is 14.3 Å². The molecule has 0 radical (unpaired) electrons. The third kappa shape index (κ3) is 8.18. The molecule has 2 saturated heterocycles. The first-order valence-corrected chi connectivity index (χ1v) is 12.2. The zero-order chi connectivity index (χ0) is 22.0. The van der Waals surface area contributed by atoms with Crippen LogP contribution in [0.4, 0.5) is 0 Å². The minimum Gasteiger partial charge on any atom is -0.381 e. The largest absolute Gasteiger partial charge is 0.381 e. The molecule has 174 valence electrons. The summed E-state index contributed by atoms with van der Waals surface area (Å²) in [4.78, 5) is 28.8. The van der Waals surface area contributed by atoms with Crippen molar-refractivity contribution in [1.29, 1.82) is 0 Å². The molecular weight excluding hydrogens is 378 g/mol. The number of rotatable bonds is 5. The lowest BCUT2D eigenvalue weighted by molar-refractivity contribution is -0.138. The molecule has 2 rings (SSSR count). The van der Waals surface area contributed by atoms with Crippen LogP contribution in [-0.4, -0.2) is 62.1 Å². The number of carbonyl (C=O) groups excluding carboxylic acids is 2. The van der Waals surface area contributed by atoms with Crippen molar-refractivity contribution in [2.45, 2.75) is 85.1 Å². The minimum atomic E-state index is -0.447. The van der Waals surface area contributed by atoms with Crippen LogP contribution in [-0.2, 0) is 14.3 Å². The molecule has 0 saturated carbocycles. The number of carbonyl (C=O) groups is 2. The van der Waals surface area contributed by atoms with Crippen molar-refractivity contribution in [3.05, 3.63) is 0 Å². The van der Waals surface area contributed by atoms with Gasteiger partial charge in [-0.1, -0.05) is 34.1 Å². The Labute approximate surface area is 183 Å². The molecule has 2 N–H and O–H groups in total. The lowest BCUT2D eigenvalue weighted by atomic mass is 9.73. The van der Waals surface area contributed by atoms with E-state index in [9.17, 15) is 9.59 Å². The summed E-state index contributed by atoms with van der Waals surface area (Å²) in [5, 5.41) is 6.17. The van der Waals surface area contributed by atoms with Gasteiger partial charge in [-0.2, -0.15) is 0 Å². The predicted octanol–water partition coefficient (Wildman–Crippen LogP) is 3.35. The van der Waals surface area contributed by atoms with E-state index in [1.54, 1.807) is 0 Å². The molecule has 2 amide bonds. The van der Waals surface area contributed by atoms with Crippen LogP contribution >= 0.6 is 0 Å². The predicted molar refractivity (Wildman–Crippen MR) is 121 cm³/mol. The van der Waals surface area contributed by atoms with Gasteiger partial charge in [0.25, 0.3) is 0 Å². The van der Waals surface area contributed by atoms with E-state index >= 15 is 0 Å². The zero-order valence-corrected chi connectivity index (χ0v) is 19.8. The van der Waals surface area contributed by atoms with Crippen molar-refractivity contribution in [3.63, 3.8) is 0 Å². The molecule has 6 nitrogen and oxygen atoms in total. The van der Waals surface area contributed by atoms with E-state index in [-0.39, 0.29) is 17.2 Å². The van der Waals surface area contributed by atoms with Crippen LogP contribution in [0.15, 0.2) is 0 Å². The van der Waals surface area contributed by atoms with Crippen molar-refractivity contribution in [2.75, 3.05) is 39.4 Å². The van der Waals surface area contributed by atoms with Crippen LogP contribution in [0.5, 0.6) is 0 Å². The monoisotopic (exact) mass is 423 g/mol. The molecule has 0 bridgehead atoms. The maximum Gasteiger partial charge on any atom is 0.242 e. The summed E-state index contributed by atoms with van der Waals surface area (Å²) in [5.41, 5.74) is -0.353. The second kappa shape index (κ2) is 12.7. The van der Waals surface area contributed by atoms with E-state index in [1.807, 2.05) is 0 Å². The lowest BCUT2D eigenvalue weighted by Gasteiger charge is -2.42. The first kappa shape index (κ1) is 25.1. The van der Waals surface area contributed by atoms with Crippen molar-refractivity contribution >= 4 is 11.8 Å². The highest BCUT2D eigenvalue weighted by atomic mass is 16.5. The van der Waals surface area contributed by atoms with Gasteiger partial charge in [-0.05, 0) is 76.4 Å². The van der Waals surface area contributed by atoms with Gasteiger partial charge in [-0.3, -0.25) is 9.59 Å². The van der Waals surface area contributed by atoms with Crippen LogP contribution in [0.2, 0.25) is 0 Å². The molecule has 0 aromatic carbocycles. The smallest absolute Gasteiger partial charge is 0.242 e. The molecule has 0 aromatic heterocycles. The number of likely N-dealkylation sites (tertiary alicyclic amines) is 1. The molecule has 0 aromatic rings. The summed E-state index contributed by atoms with van der Waals surface area (Å²) in [6.45, 7) is 13.8. The number of nitrogens with one attached hydrogen (secondary N) is 2. The quantitative estimate of drug-likeness (QED) is 0.711. The van der Waals surface area contributed by atoms with Crippen LogP contribution < -0.4 is 10.6 Å². The molecule has 2 aliphatic heterocycles. The van der Waals surface area contributed by atoms with E-state index in [2.05, 4.69) is 43.2 Å². The number of ether oxygens (including phenoxy) is 1. The Balaban J connectivity index is 2.09. The highest BCUT2D eigenvalue weighted by Gasteiger charge is 2.42. The fourth-order valence-corrected chi connectivity index (χ4v) is 4.53. The fourth-order valence-electron chi connectivity index (χ4n) is 4.53. The van der Waals surface area contributed by atoms with Gasteiger partial charge >= 0.3 is 0 Å². The SMILES string of the molecule is CC(C)CCN1CCC2(CCCCOCCCNC(=O)[C@H](CC(C)C)NC2=O)CC1. The number of hydrogen-bond acceptors (Lipinski definition) is 4. The van der Waals surface area contributed by atoms with Gasteiger partial charge < -0.3 is 20.3 Å². The zero-order valence-electron chi connectivity index (χ0n) is 19.8. The third-order valence-corrected chi connectivity index (χ3v) is 6.61. The second-order valence-electron chi connectivity index (χ2n) is 10.2. The Morgan fingerprint density at radius 1 is 1.00 bits per heavy atom. The minimum absolute atomic E-state index is 0.0568. The van der Waals surface area contributed by atoms with Gasteiger partial charge in [0.15, 0.2) is 0 Å². The van der Waals surface area contributed by atoms with E-state index in [0.29, 0.717) is 31.4 Å². The van der Waals surface area contributed by atoms with E-state index in [0.717, 1.165) is 64.8 Å². The van der Waals surface area contributed by atoms with E-state index < -0.39 is 6.04 Å². The van der Waals surface area contributed by atoms with Crippen LogP contribution in [0.1, 0.15) is 79.1 Å². The standard InChI is InChI=1S/C24H45N3O3/c1-19(2)8-13-27-14-10-24(11-15-27)9-5-6-16-30-17-7-12-25-22(28)21(18-20(3)4)26-23(24)29/h19-21H,5-18H2,1-4H3,(H,25,28)(H,26,29)/t21-/m0/s1. The molecule has 0 aliphatic carbocycles. The average Bonchev–Trinajstić information content (AvgIpc) is 2.70. The van der Waals surface area contributed by atoms with Gasteiger partial charge in [0.1, 0.15) is 6.04 Å². The highest BCUT2D eigenvalue weighted by molar-refractivity contribution is 5.90. The first-order valence-electron chi connectivity index (χ1n) is 12.2. The third-order valence-electron chi connectivity index (χ3n) is 6.61. The Morgan fingerprint density at radius 2 is 1.70 bits per heavy atom. The van der Waals surface area contributed by atoms with Crippen LogP contribution in [0, 0.1) is 17.3 Å². The maximum atomic E-state index is 13.5. The van der Waals surface area contributed by atoms with E-state index in [1.165, 1.54) is 6.42 Å². The molecule has 30 heavy (non-hydrogen) atoms. The molecule has 2 fully saturated rings. The van der Waals surface area contributed by atoms with Gasteiger partial charge in [0.2, 0.25) is 11.8 Å². The highest BCUT2D eigenvalue weighted by Crippen LogP contribution is 2.37. The summed E-state index contributed by atoms with van der Waals surface area (Å²) in [5.74, 6) is 1.08. The summed E-state index contributed by atoms with van der Waals surface area (Å²) < 4.78 is 5.72. The van der Waals surface area contributed by atoms with Crippen LogP contribution in [0.3, 0.4) is 0 Å². The first-order chi connectivity index (χ1) is 14.3. The Kier molecular flexibility index (Phi) is 10.6. The number of piperidine rings is 1. The lowest BCUT2D eigenvalue weighted by Crippen LogP contribution is -2.55. The molecule has 6 heteroatoms. The van der Waals surface area contributed by atoms with Gasteiger partial charge in [0, 0.05) is 19.8 Å². The molecular formula is C24H45N3O3. The number of hydrogen-bond donors (Lipinski definition) is 2. The Morgan fingerprint density at radius 3 is 2.37 bits per heavy atom. The number of nitrogens with zero attached hydrogens (tertiary/aromatic N) is 1. The topological polar surface area (TPSA) is 70.7 Å². The summed E-state index contributed by atoms with van der Waals surface area (Å²) in [7, 11) is 0. The Hall–Kier alpha value is -1.14. The van der Waals surface area contributed by atoms with Crippen molar-refractivity contribution in [1.82, 2.24) is 15.5 Å². The van der Waals surface area contributed by atoms with Gasteiger partial charge in [0.05, 0.1) is 5.41 Å². The maximum absolute atomic E-state index is 13.5. The van der Waals surface area contributed by atoms with Gasteiger partial charge in [-0.25, -0.2) is 0 Å². The second-order valence-corrected chi connectivity index (χ2v) is 10.2. The molecule has 1 atom stereocenters. The number of amides is 2. The van der Waals surface area contributed by atoms with Crippen molar-refractivity contribution in [2.24, 2.45) is 17.3 Å². The molecule has 2 aliphatic rings. The van der Waals surface area contributed by atoms with Gasteiger partial charge in [-0.15, -0.1) is 0 Å². The Bertz CT molecular complexity index is 528.